The molecule has 236 valence electrons. The molecule has 1 aromatic heterocycles. The molecular formula is C33H56N6O3. The third-order valence-electron chi connectivity index (χ3n) is 7.48. The van der Waals surface area contributed by atoms with Crippen LogP contribution in [0.1, 0.15) is 112 Å². The zero-order valence-electron chi connectivity index (χ0n) is 27.5. The second kappa shape index (κ2) is 14.1. The summed E-state index contributed by atoms with van der Waals surface area (Å²) in [6, 6.07) is 9.87. The number of nitrogens with two attached hydrogens (primary N) is 3. The van der Waals surface area contributed by atoms with E-state index in [0.717, 1.165) is 36.8 Å². The van der Waals surface area contributed by atoms with Crippen molar-refractivity contribution in [1.82, 2.24) is 15.3 Å². The number of hydrogen-bond donors (Lipinski definition) is 4. The standard InChI is InChI=1S/C33H56N6O3/c1-10-16-32(8,35)20-26(40)39-30(4,5)17-19-42-31(6,7)22-29(2,3)23-33(9,36)25-13-11-24(12-14-25)21-41-27-15-18-37-28(34)38-27/h11-15,18H,10,16-17,19-23,35-36H2,1-9H3,(H,39,40)(H2,34,37,38). The van der Waals surface area contributed by atoms with E-state index in [1.54, 1.807) is 12.3 Å². The van der Waals surface area contributed by atoms with E-state index in [-0.39, 0.29) is 28.4 Å². The first kappa shape index (κ1) is 35.4. The fourth-order valence-corrected chi connectivity index (χ4v) is 6.03. The molecular weight excluding hydrogens is 528 g/mol. The van der Waals surface area contributed by atoms with Gasteiger partial charge in [-0.15, -0.1) is 0 Å². The van der Waals surface area contributed by atoms with E-state index in [4.69, 9.17) is 26.7 Å². The van der Waals surface area contributed by atoms with Crippen molar-refractivity contribution in [2.75, 3.05) is 12.3 Å². The van der Waals surface area contributed by atoms with Crippen molar-refractivity contribution in [2.45, 2.75) is 130 Å². The highest BCUT2D eigenvalue weighted by Crippen LogP contribution is 2.40. The van der Waals surface area contributed by atoms with Gasteiger partial charge in [-0.1, -0.05) is 51.5 Å². The van der Waals surface area contributed by atoms with Gasteiger partial charge < -0.3 is 32.0 Å². The van der Waals surface area contributed by atoms with Crippen LogP contribution < -0.4 is 27.3 Å². The largest absolute Gasteiger partial charge is 0.473 e. The third-order valence-corrected chi connectivity index (χ3v) is 7.48. The van der Waals surface area contributed by atoms with Crippen LogP contribution in [0.15, 0.2) is 36.5 Å². The van der Waals surface area contributed by atoms with Gasteiger partial charge in [-0.3, -0.25) is 4.79 Å². The van der Waals surface area contributed by atoms with Crippen LogP contribution in [0.3, 0.4) is 0 Å². The lowest BCUT2D eigenvalue weighted by atomic mass is 9.71. The molecule has 7 N–H and O–H groups in total. The van der Waals surface area contributed by atoms with E-state index < -0.39 is 11.1 Å². The monoisotopic (exact) mass is 584 g/mol. The number of anilines is 1. The van der Waals surface area contributed by atoms with E-state index in [2.05, 4.69) is 69.0 Å². The van der Waals surface area contributed by atoms with Crippen molar-refractivity contribution in [1.29, 1.82) is 0 Å². The topological polar surface area (TPSA) is 151 Å². The van der Waals surface area contributed by atoms with Gasteiger partial charge in [0.2, 0.25) is 17.7 Å². The summed E-state index contributed by atoms with van der Waals surface area (Å²) in [7, 11) is 0. The van der Waals surface area contributed by atoms with Crippen LogP contribution in [0.2, 0.25) is 0 Å². The molecule has 0 bridgehead atoms. The molecule has 0 saturated carbocycles. The highest BCUT2D eigenvalue weighted by molar-refractivity contribution is 5.77. The lowest BCUT2D eigenvalue weighted by molar-refractivity contribution is -0.124. The molecule has 2 unspecified atom stereocenters. The summed E-state index contributed by atoms with van der Waals surface area (Å²) in [4.78, 5) is 20.6. The van der Waals surface area contributed by atoms with Crippen molar-refractivity contribution >= 4 is 11.9 Å². The molecule has 0 aliphatic heterocycles. The van der Waals surface area contributed by atoms with Crippen LogP contribution in [-0.2, 0) is 21.7 Å². The highest BCUT2D eigenvalue weighted by Gasteiger charge is 2.36. The molecule has 2 atom stereocenters. The van der Waals surface area contributed by atoms with Gasteiger partial charge in [0.25, 0.3) is 0 Å². The third kappa shape index (κ3) is 12.6. The Morgan fingerprint density at radius 1 is 0.929 bits per heavy atom. The fourth-order valence-electron chi connectivity index (χ4n) is 6.03. The van der Waals surface area contributed by atoms with Gasteiger partial charge in [-0.05, 0) is 83.8 Å². The second-order valence-corrected chi connectivity index (χ2v) is 14.5. The zero-order valence-corrected chi connectivity index (χ0v) is 27.5. The molecule has 42 heavy (non-hydrogen) atoms. The number of nitrogens with zero attached hydrogens (tertiary/aromatic N) is 2. The van der Waals surface area contributed by atoms with Crippen molar-refractivity contribution in [3.63, 3.8) is 0 Å². The van der Waals surface area contributed by atoms with Crippen LogP contribution in [-0.4, -0.2) is 39.2 Å². The Morgan fingerprint density at radius 2 is 1.57 bits per heavy atom. The summed E-state index contributed by atoms with van der Waals surface area (Å²) in [5, 5.41) is 3.14. The minimum absolute atomic E-state index is 0.0161. The first-order valence-electron chi connectivity index (χ1n) is 15.1. The average molecular weight is 585 g/mol. The van der Waals surface area contributed by atoms with Crippen molar-refractivity contribution in [3.05, 3.63) is 47.7 Å². The Balaban J connectivity index is 1.88. The van der Waals surface area contributed by atoms with E-state index in [1.165, 1.54) is 0 Å². The average Bonchev–Trinajstić information content (AvgIpc) is 2.80. The fraction of sp³-hybridized carbons (Fsp3) is 0.667. The van der Waals surface area contributed by atoms with Gasteiger partial charge in [-0.2, -0.15) is 4.98 Å². The SMILES string of the molecule is CCCC(C)(N)CC(=O)NC(C)(C)CCOC(C)(C)CC(C)(C)CC(C)(N)c1ccc(COc2ccnc(N)n2)cc1. The van der Waals surface area contributed by atoms with Crippen molar-refractivity contribution in [2.24, 2.45) is 16.9 Å². The minimum Gasteiger partial charge on any atom is -0.473 e. The van der Waals surface area contributed by atoms with E-state index in [1.807, 2.05) is 32.9 Å². The van der Waals surface area contributed by atoms with E-state index in [9.17, 15) is 4.79 Å². The predicted octanol–water partition coefficient (Wildman–Crippen LogP) is 5.61. The molecule has 0 aliphatic rings. The molecule has 0 spiro atoms. The summed E-state index contributed by atoms with van der Waals surface area (Å²) in [6.07, 6.45) is 5.97. The summed E-state index contributed by atoms with van der Waals surface area (Å²) in [5.74, 6) is 0.609. The number of carbonyl (C=O) groups excluding carboxylic acids is 1. The number of rotatable bonds is 17. The number of nitrogen functional groups attached to an aromatic ring is 1. The number of amides is 1. The molecule has 2 aromatic rings. The van der Waals surface area contributed by atoms with Crippen LogP contribution in [0.25, 0.3) is 0 Å². The van der Waals surface area contributed by atoms with Gasteiger partial charge in [0.05, 0.1) is 5.60 Å². The molecule has 0 aliphatic carbocycles. The summed E-state index contributed by atoms with van der Waals surface area (Å²) < 4.78 is 12.1. The number of ether oxygens (including phenoxy) is 2. The Labute approximate surface area is 253 Å². The lowest BCUT2D eigenvalue weighted by Crippen LogP contribution is -2.49. The Kier molecular flexibility index (Phi) is 11.9. The molecule has 1 heterocycles. The summed E-state index contributed by atoms with van der Waals surface area (Å²) in [6.45, 7) is 19.8. The van der Waals surface area contributed by atoms with Crippen LogP contribution in [0.4, 0.5) is 5.95 Å². The molecule has 0 saturated heterocycles. The normalized spacial score (nSPS) is 15.5. The van der Waals surface area contributed by atoms with Gasteiger partial charge in [0.1, 0.15) is 6.61 Å². The minimum atomic E-state index is -0.526. The molecule has 1 aromatic carbocycles. The van der Waals surface area contributed by atoms with Crippen molar-refractivity contribution < 1.29 is 14.3 Å². The predicted molar refractivity (Wildman–Crippen MR) is 171 cm³/mol. The molecule has 9 nitrogen and oxygen atoms in total. The lowest BCUT2D eigenvalue weighted by Gasteiger charge is -2.40. The van der Waals surface area contributed by atoms with Crippen LogP contribution in [0, 0.1) is 5.41 Å². The molecule has 2 rings (SSSR count). The highest BCUT2D eigenvalue weighted by atomic mass is 16.5. The van der Waals surface area contributed by atoms with Gasteiger partial charge in [0.15, 0.2) is 0 Å². The van der Waals surface area contributed by atoms with E-state index in [0.29, 0.717) is 31.9 Å². The smallest absolute Gasteiger partial charge is 0.223 e. The van der Waals surface area contributed by atoms with E-state index >= 15 is 0 Å². The molecule has 0 radical (unpaired) electrons. The van der Waals surface area contributed by atoms with Crippen LogP contribution in [0.5, 0.6) is 5.88 Å². The van der Waals surface area contributed by atoms with Crippen LogP contribution >= 0.6 is 0 Å². The molecule has 9 heteroatoms. The maximum Gasteiger partial charge on any atom is 0.223 e. The quantitative estimate of drug-likeness (QED) is 0.187. The zero-order chi connectivity index (χ0) is 31.8. The second-order valence-electron chi connectivity index (χ2n) is 14.5. The first-order valence-corrected chi connectivity index (χ1v) is 15.1. The summed E-state index contributed by atoms with van der Waals surface area (Å²) in [5.41, 5.74) is 19.0. The number of carbonyl (C=O) groups is 1. The Morgan fingerprint density at radius 3 is 2.17 bits per heavy atom. The maximum atomic E-state index is 12.6. The Bertz CT molecular complexity index is 1140. The Hall–Kier alpha value is -2.75. The van der Waals surface area contributed by atoms with Gasteiger partial charge >= 0.3 is 0 Å². The number of benzene rings is 1. The number of aromatic nitrogens is 2. The van der Waals surface area contributed by atoms with Gasteiger partial charge in [-0.25, -0.2) is 4.98 Å². The molecule has 0 fully saturated rings. The summed E-state index contributed by atoms with van der Waals surface area (Å²) >= 11 is 0. The number of nitrogens with one attached hydrogen (secondary N) is 1. The number of hydrogen-bond acceptors (Lipinski definition) is 8. The van der Waals surface area contributed by atoms with Gasteiger partial charge in [0, 0.05) is 41.9 Å². The maximum absolute atomic E-state index is 12.6. The van der Waals surface area contributed by atoms with Crippen molar-refractivity contribution in [3.8, 4) is 5.88 Å². The molecule has 1 amide bonds. The first-order chi connectivity index (χ1) is 19.2.